The summed E-state index contributed by atoms with van der Waals surface area (Å²) in [6.07, 6.45) is 5.90. The Bertz CT molecular complexity index is 555. The zero-order valence-corrected chi connectivity index (χ0v) is 14.1. The Morgan fingerprint density at radius 1 is 1.33 bits per heavy atom. The first kappa shape index (κ1) is 16.1. The molecule has 1 aromatic rings. The van der Waals surface area contributed by atoms with Crippen molar-refractivity contribution in [1.82, 2.24) is 9.80 Å². The van der Waals surface area contributed by atoms with E-state index in [2.05, 4.69) is 4.90 Å². The van der Waals surface area contributed by atoms with Gasteiger partial charge >= 0.3 is 0 Å². The van der Waals surface area contributed by atoms with Crippen LogP contribution in [0.5, 0.6) is 0 Å². The molecule has 1 amide bonds. The van der Waals surface area contributed by atoms with Gasteiger partial charge in [-0.2, -0.15) is 0 Å². The molecule has 3 aliphatic rings. The van der Waals surface area contributed by atoms with E-state index in [-0.39, 0.29) is 24.2 Å². The summed E-state index contributed by atoms with van der Waals surface area (Å²) >= 11 is 0. The molecular formula is C18H26N2O4. The molecule has 0 saturated carbocycles. The van der Waals surface area contributed by atoms with E-state index >= 15 is 0 Å². The van der Waals surface area contributed by atoms with Gasteiger partial charge in [-0.05, 0) is 31.4 Å². The van der Waals surface area contributed by atoms with Gasteiger partial charge in [-0.25, -0.2) is 0 Å². The second-order valence-corrected chi connectivity index (χ2v) is 7.26. The highest BCUT2D eigenvalue weighted by molar-refractivity contribution is 5.77. The quantitative estimate of drug-likeness (QED) is 0.820. The van der Waals surface area contributed by atoms with Gasteiger partial charge in [-0.1, -0.05) is 0 Å². The Morgan fingerprint density at radius 2 is 2.21 bits per heavy atom. The molecule has 3 aliphatic heterocycles. The zero-order chi connectivity index (χ0) is 16.4. The topological polar surface area (TPSA) is 55.2 Å². The Hall–Kier alpha value is -1.37. The van der Waals surface area contributed by atoms with Crippen molar-refractivity contribution in [1.29, 1.82) is 0 Å². The van der Waals surface area contributed by atoms with E-state index in [1.807, 2.05) is 17.0 Å². The van der Waals surface area contributed by atoms with Crippen molar-refractivity contribution < 1.29 is 18.7 Å². The molecule has 1 aromatic heterocycles. The molecule has 0 unspecified atom stereocenters. The molecule has 24 heavy (non-hydrogen) atoms. The van der Waals surface area contributed by atoms with Crippen LogP contribution < -0.4 is 0 Å². The number of hydrogen-bond acceptors (Lipinski definition) is 5. The molecule has 1 spiro atoms. The fraction of sp³-hybridized carbons (Fsp3) is 0.722. The summed E-state index contributed by atoms with van der Waals surface area (Å²) in [5.74, 6) is 1.12. The maximum absolute atomic E-state index is 12.1. The van der Waals surface area contributed by atoms with Crippen LogP contribution in [0.3, 0.4) is 0 Å². The number of ether oxygens (including phenoxy) is 2. The van der Waals surface area contributed by atoms with E-state index in [4.69, 9.17) is 13.9 Å². The fourth-order valence-corrected chi connectivity index (χ4v) is 4.13. The average molecular weight is 334 g/mol. The fourth-order valence-electron chi connectivity index (χ4n) is 4.13. The van der Waals surface area contributed by atoms with Crippen LogP contribution in [0.2, 0.25) is 0 Å². The van der Waals surface area contributed by atoms with Crippen LogP contribution in [0.15, 0.2) is 22.8 Å². The molecule has 0 aliphatic carbocycles. The minimum atomic E-state index is -0.103. The SMILES string of the molecule is O=C(CO[C@H]1CO[C@]2(CCN(Cc3ccco3)C2)C1)N1CCCC1. The van der Waals surface area contributed by atoms with E-state index in [9.17, 15) is 4.79 Å². The van der Waals surface area contributed by atoms with E-state index in [1.54, 1.807) is 6.26 Å². The van der Waals surface area contributed by atoms with Gasteiger partial charge in [0, 0.05) is 32.6 Å². The average Bonchev–Trinajstić information content (AvgIpc) is 3.35. The molecule has 2 atom stereocenters. The summed E-state index contributed by atoms with van der Waals surface area (Å²) in [6.45, 7) is 5.32. The summed E-state index contributed by atoms with van der Waals surface area (Å²) in [6, 6.07) is 3.94. The number of amides is 1. The normalized spacial score (nSPS) is 30.7. The molecule has 6 heteroatoms. The van der Waals surface area contributed by atoms with E-state index < -0.39 is 0 Å². The molecule has 0 bridgehead atoms. The highest BCUT2D eigenvalue weighted by Crippen LogP contribution is 2.36. The van der Waals surface area contributed by atoms with Crippen LogP contribution >= 0.6 is 0 Å². The molecule has 3 saturated heterocycles. The summed E-state index contributed by atoms with van der Waals surface area (Å²) in [5.41, 5.74) is -0.103. The lowest BCUT2D eigenvalue weighted by Crippen LogP contribution is -2.34. The maximum atomic E-state index is 12.1. The van der Waals surface area contributed by atoms with Crippen molar-refractivity contribution in [3.63, 3.8) is 0 Å². The van der Waals surface area contributed by atoms with Crippen molar-refractivity contribution in [2.24, 2.45) is 0 Å². The van der Waals surface area contributed by atoms with Gasteiger partial charge in [0.15, 0.2) is 0 Å². The highest BCUT2D eigenvalue weighted by atomic mass is 16.6. The van der Waals surface area contributed by atoms with Gasteiger partial charge < -0.3 is 18.8 Å². The number of rotatable bonds is 5. The van der Waals surface area contributed by atoms with Crippen molar-refractivity contribution in [3.8, 4) is 0 Å². The number of carbonyl (C=O) groups is 1. The summed E-state index contributed by atoms with van der Waals surface area (Å²) in [7, 11) is 0. The van der Waals surface area contributed by atoms with E-state index in [1.165, 1.54) is 0 Å². The lowest BCUT2D eigenvalue weighted by molar-refractivity contribution is -0.137. The first-order valence-corrected chi connectivity index (χ1v) is 9.01. The smallest absolute Gasteiger partial charge is 0.248 e. The van der Waals surface area contributed by atoms with Crippen molar-refractivity contribution >= 4 is 5.91 Å². The molecule has 0 radical (unpaired) electrons. The third kappa shape index (κ3) is 3.50. The van der Waals surface area contributed by atoms with Gasteiger partial charge in [-0.3, -0.25) is 9.69 Å². The first-order chi connectivity index (χ1) is 11.7. The monoisotopic (exact) mass is 334 g/mol. The maximum Gasteiger partial charge on any atom is 0.248 e. The highest BCUT2D eigenvalue weighted by Gasteiger charge is 2.46. The van der Waals surface area contributed by atoms with Crippen molar-refractivity contribution in [3.05, 3.63) is 24.2 Å². The zero-order valence-electron chi connectivity index (χ0n) is 14.1. The molecule has 4 rings (SSSR count). The van der Waals surface area contributed by atoms with Crippen molar-refractivity contribution in [2.45, 2.75) is 43.9 Å². The minimum Gasteiger partial charge on any atom is -0.468 e. The van der Waals surface area contributed by atoms with Gasteiger partial charge in [-0.15, -0.1) is 0 Å². The Labute approximate surface area is 142 Å². The number of likely N-dealkylation sites (tertiary alicyclic amines) is 2. The minimum absolute atomic E-state index is 0.0418. The molecule has 132 valence electrons. The summed E-state index contributed by atoms with van der Waals surface area (Å²) in [5, 5.41) is 0. The number of furan rings is 1. The lowest BCUT2D eigenvalue weighted by Gasteiger charge is -2.23. The van der Waals surface area contributed by atoms with E-state index in [0.717, 1.165) is 64.2 Å². The van der Waals surface area contributed by atoms with Crippen LogP contribution in [-0.4, -0.2) is 66.8 Å². The number of carbonyl (C=O) groups excluding carboxylic acids is 1. The Morgan fingerprint density at radius 3 is 3.00 bits per heavy atom. The molecular weight excluding hydrogens is 308 g/mol. The Kier molecular flexibility index (Phi) is 4.61. The summed E-state index contributed by atoms with van der Waals surface area (Å²) < 4.78 is 17.4. The van der Waals surface area contributed by atoms with Crippen LogP contribution in [0.1, 0.15) is 31.4 Å². The van der Waals surface area contributed by atoms with Crippen LogP contribution in [0, 0.1) is 0 Å². The largest absolute Gasteiger partial charge is 0.468 e. The van der Waals surface area contributed by atoms with Gasteiger partial charge in [0.2, 0.25) is 5.91 Å². The molecule has 0 N–H and O–H groups in total. The second kappa shape index (κ2) is 6.86. The van der Waals surface area contributed by atoms with Gasteiger partial charge in [0.1, 0.15) is 12.4 Å². The number of nitrogens with zero attached hydrogens (tertiary/aromatic N) is 2. The molecule has 6 nitrogen and oxygen atoms in total. The first-order valence-electron chi connectivity index (χ1n) is 9.01. The predicted molar refractivity (Wildman–Crippen MR) is 87.5 cm³/mol. The third-order valence-corrected chi connectivity index (χ3v) is 5.43. The lowest BCUT2D eigenvalue weighted by atomic mass is 9.98. The van der Waals surface area contributed by atoms with Gasteiger partial charge in [0.05, 0.1) is 31.1 Å². The summed E-state index contributed by atoms with van der Waals surface area (Å²) in [4.78, 5) is 16.4. The van der Waals surface area contributed by atoms with Crippen molar-refractivity contribution in [2.75, 3.05) is 39.4 Å². The van der Waals surface area contributed by atoms with E-state index in [0.29, 0.717) is 6.61 Å². The number of hydrogen-bond donors (Lipinski definition) is 0. The van der Waals surface area contributed by atoms with Crippen LogP contribution in [-0.2, 0) is 20.8 Å². The molecule has 3 fully saturated rings. The predicted octanol–water partition coefficient (Wildman–Crippen LogP) is 1.65. The third-order valence-electron chi connectivity index (χ3n) is 5.43. The molecule has 4 heterocycles. The molecule has 0 aromatic carbocycles. The second-order valence-electron chi connectivity index (χ2n) is 7.26. The Balaban J connectivity index is 1.23. The standard InChI is InChI=1S/C18H26N2O4/c21-17(20-6-1-2-7-20)13-23-16-10-18(24-12-16)5-8-19(14-18)11-15-4-3-9-22-15/h3-4,9,16H,1-2,5-8,10-14H2/t16-,18-/m1/s1. The van der Waals surface area contributed by atoms with Crippen LogP contribution in [0.25, 0.3) is 0 Å². The van der Waals surface area contributed by atoms with Crippen LogP contribution in [0.4, 0.5) is 0 Å². The van der Waals surface area contributed by atoms with Gasteiger partial charge in [0.25, 0.3) is 0 Å².